The van der Waals surface area contributed by atoms with Crippen molar-refractivity contribution >= 4 is 34.2 Å². The third kappa shape index (κ3) is 4.80. The van der Waals surface area contributed by atoms with Crippen molar-refractivity contribution < 1.29 is 13.5 Å². The number of fused-ring (bicyclic) bond motifs is 1. The largest absolute Gasteiger partial charge is 0.361 e. The quantitative estimate of drug-likeness (QED) is 0.223. The van der Waals surface area contributed by atoms with Gasteiger partial charge in [-0.1, -0.05) is 77.8 Å². The second kappa shape index (κ2) is 10.2. The van der Waals surface area contributed by atoms with Gasteiger partial charge in [-0.25, -0.2) is 13.8 Å². The average molecular weight is 509 g/mol. The Morgan fingerprint density at radius 1 is 0.743 bits per heavy atom. The van der Waals surface area contributed by atoms with Crippen molar-refractivity contribution in [2.75, 3.05) is 0 Å². The Labute approximate surface area is 211 Å². The van der Waals surface area contributed by atoms with E-state index in [9.17, 15) is 8.78 Å². The number of hydrogen-bond acceptors (Lipinski definition) is 2. The molecule has 1 aromatic heterocycles. The molecule has 5 aromatic rings. The van der Waals surface area contributed by atoms with E-state index in [-0.39, 0.29) is 23.7 Å². The van der Waals surface area contributed by atoms with Gasteiger partial charge >= 0.3 is 0 Å². The molecule has 0 aliphatic carbocycles. The van der Waals surface area contributed by atoms with Crippen LogP contribution in [-0.4, -0.2) is 9.55 Å². The van der Waals surface area contributed by atoms with E-state index in [0.717, 1.165) is 16.6 Å². The lowest BCUT2D eigenvalue weighted by Crippen LogP contribution is -2.15. The summed E-state index contributed by atoms with van der Waals surface area (Å²) in [6.07, 6.45) is -0.676. The molecule has 0 radical (unpaired) electrons. The molecule has 0 amide bonds. The highest BCUT2D eigenvalue weighted by molar-refractivity contribution is 6.31. The van der Waals surface area contributed by atoms with Gasteiger partial charge in [-0.15, -0.1) is 0 Å². The first-order valence-corrected chi connectivity index (χ1v) is 11.8. The third-order valence-electron chi connectivity index (χ3n) is 5.85. The van der Waals surface area contributed by atoms with Crippen LogP contribution >= 0.6 is 23.2 Å². The van der Waals surface area contributed by atoms with E-state index < -0.39 is 17.7 Å². The topological polar surface area (TPSA) is 27.1 Å². The highest BCUT2D eigenvalue weighted by atomic mass is 35.5. The maximum absolute atomic E-state index is 14.8. The smallest absolute Gasteiger partial charge is 0.144 e. The zero-order valence-corrected chi connectivity index (χ0v) is 20.0. The van der Waals surface area contributed by atoms with Gasteiger partial charge in [-0.05, 0) is 42.0 Å². The number of ether oxygens (including phenoxy) is 1. The van der Waals surface area contributed by atoms with Crippen LogP contribution in [-0.2, 0) is 17.9 Å². The van der Waals surface area contributed by atoms with Crippen LogP contribution in [0.25, 0.3) is 11.0 Å². The van der Waals surface area contributed by atoms with Crippen LogP contribution in [0.5, 0.6) is 0 Å². The van der Waals surface area contributed by atoms with Gasteiger partial charge in [0, 0.05) is 21.2 Å². The van der Waals surface area contributed by atoms with E-state index in [4.69, 9.17) is 32.9 Å². The van der Waals surface area contributed by atoms with Gasteiger partial charge in [0.15, 0.2) is 0 Å². The van der Waals surface area contributed by atoms with Gasteiger partial charge in [-0.2, -0.15) is 0 Å². The molecule has 0 fully saturated rings. The Hall–Kier alpha value is -3.25. The van der Waals surface area contributed by atoms with Crippen molar-refractivity contribution in [3.63, 3.8) is 0 Å². The summed E-state index contributed by atoms with van der Waals surface area (Å²) in [6.45, 7) is 0.0726. The monoisotopic (exact) mass is 508 g/mol. The second-order valence-electron chi connectivity index (χ2n) is 8.05. The molecule has 0 N–H and O–H groups in total. The number of nitrogens with zero attached hydrogens (tertiary/aromatic N) is 2. The summed E-state index contributed by atoms with van der Waals surface area (Å²) in [5.74, 6) is -0.309. The summed E-state index contributed by atoms with van der Waals surface area (Å²) in [6, 6.07) is 26.2. The van der Waals surface area contributed by atoms with Crippen molar-refractivity contribution in [3.05, 3.63) is 135 Å². The SMILES string of the molecule is Fc1cccc(Cl)c1COC(c1ccccc1)c1nc2ccccc2n1Cc1c(F)cccc1Cl. The van der Waals surface area contributed by atoms with Gasteiger partial charge in [0.1, 0.15) is 23.6 Å². The molecule has 0 aliphatic heterocycles. The summed E-state index contributed by atoms with van der Waals surface area (Å²) in [5, 5.41) is 0.604. The maximum Gasteiger partial charge on any atom is 0.144 e. The van der Waals surface area contributed by atoms with E-state index in [2.05, 4.69) is 0 Å². The van der Waals surface area contributed by atoms with Gasteiger partial charge in [0.2, 0.25) is 0 Å². The summed E-state index contributed by atoms with van der Waals surface area (Å²) >= 11 is 12.6. The molecule has 1 unspecified atom stereocenters. The van der Waals surface area contributed by atoms with Gasteiger partial charge in [0.05, 0.1) is 24.2 Å². The molecule has 0 saturated heterocycles. The molecule has 0 saturated carbocycles. The molecule has 0 bridgehead atoms. The zero-order chi connectivity index (χ0) is 24.4. The average Bonchev–Trinajstić information content (AvgIpc) is 3.22. The molecule has 1 heterocycles. The molecule has 7 heteroatoms. The molecular formula is C28H20Cl2F2N2O. The number of hydrogen-bond donors (Lipinski definition) is 0. The lowest BCUT2D eigenvalue weighted by atomic mass is 10.1. The van der Waals surface area contributed by atoms with E-state index in [1.54, 1.807) is 24.3 Å². The number of para-hydroxylation sites is 2. The molecule has 176 valence electrons. The van der Waals surface area contributed by atoms with Crippen molar-refractivity contribution in [1.29, 1.82) is 0 Å². The Kier molecular flexibility index (Phi) is 6.82. The van der Waals surface area contributed by atoms with Crippen molar-refractivity contribution in [1.82, 2.24) is 9.55 Å². The van der Waals surface area contributed by atoms with E-state index >= 15 is 0 Å². The summed E-state index contributed by atoms with van der Waals surface area (Å²) in [7, 11) is 0. The fraction of sp³-hybridized carbons (Fsp3) is 0.107. The first-order chi connectivity index (χ1) is 17.0. The Bertz CT molecular complexity index is 1450. The van der Waals surface area contributed by atoms with Crippen LogP contribution in [0.2, 0.25) is 10.0 Å². The van der Waals surface area contributed by atoms with Crippen molar-refractivity contribution in [3.8, 4) is 0 Å². The minimum absolute atomic E-state index is 0.0747. The Morgan fingerprint density at radius 2 is 1.37 bits per heavy atom. The highest BCUT2D eigenvalue weighted by Crippen LogP contribution is 2.33. The van der Waals surface area contributed by atoms with E-state index in [1.165, 1.54) is 12.1 Å². The highest BCUT2D eigenvalue weighted by Gasteiger charge is 2.25. The summed E-state index contributed by atoms with van der Waals surface area (Å²) < 4.78 is 37.4. The van der Waals surface area contributed by atoms with Crippen LogP contribution in [0.15, 0.2) is 91.0 Å². The van der Waals surface area contributed by atoms with Crippen molar-refractivity contribution in [2.24, 2.45) is 0 Å². The van der Waals surface area contributed by atoms with E-state index in [0.29, 0.717) is 16.4 Å². The van der Waals surface area contributed by atoms with Crippen LogP contribution in [0.3, 0.4) is 0 Å². The summed E-state index contributed by atoms with van der Waals surface area (Å²) in [4.78, 5) is 4.85. The fourth-order valence-electron chi connectivity index (χ4n) is 4.09. The third-order valence-corrected chi connectivity index (χ3v) is 6.56. The molecule has 1 atom stereocenters. The molecule has 0 spiro atoms. The standard InChI is InChI=1S/C28H20Cl2F2N2O/c29-21-10-6-12-23(31)19(21)16-34-26-15-5-4-14-25(26)33-28(34)27(18-8-2-1-3-9-18)35-17-20-22(30)11-7-13-24(20)32/h1-15,27H,16-17H2. The predicted molar refractivity (Wildman–Crippen MR) is 135 cm³/mol. The lowest BCUT2D eigenvalue weighted by molar-refractivity contribution is 0.0575. The normalized spacial score (nSPS) is 12.2. The second-order valence-corrected chi connectivity index (χ2v) is 8.86. The predicted octanol–water partition coefficient (Wildman–Crippen LogP) is 7.98. The first kappa shape index (κ1) is 23.5. The molecule has 3 nitrogen and oxygen atoms in total. The fourth-order valence-corrected chi connectivity index (χ4v) is 4.53. The molecule has 35 heavy (non-hydrogen) atoms. The van der Waals surface area contributed by atoms with Gasteiger partial charge in [0.25, 0.3) is 0 Å². The van der Waals surface area contributed by atoms with Crippen molar-refractivity contribution in [2.45, 2.75) is 19.3 Å². The maximum atomic E-state index is 14.8. The number of aromatic nitrogens is 2. The minimum atomic E-state index is -0.676. The van der Waals surface area contributed by atoms with Crippen LogP contribution < -0.4 is 0 Å². The van der Waals surface area contributed by atoms with Gasteiger partial charge in [-0.3, -0.25) is 0 Å². The lowest BCUT2D eigenvalue weighted by Gasteiger charge is -2.21. The van der Waals surface area contributed by atoms with Crippen LogP contribution in [0.4, 0.5) is 8.78 Å². The molecule has 5 rings (SSSR count). The molecule has 4 aromatic carbocycles. The number of halogens is 4. The van der Waals surface area contributed by atoms with E-state index in [1.807, 2.05) is 59.2 Å². The Morgan fingerprint density at radius 3 is 2.06 bits per heavy atom. The van der Waals surface area contributed by atoms with Gasteiger partial charge < -0.3 is 9.30 Å². The number of imidazole rings is 1. The number of benzene rings is 4. The first-order valence-electron chi connectivity index (χ1n) is 11.0. The number of rotatable bonds is 7. The van der Waals surface area contributed by atoms with Crippen LogP contribution in [0.1, 0.15) is 28.6 Å². The zero-order valence-electron chi connectivity index (χ0n) is 18.5. The molecule has 0 aliphatic rings. The molecular weight excluding hydrogens is 489 g/mol. The minimum Gasteiger partial charge on any atom is -0.361 e. The Balaban J connectivity index is 1.63. The summed E-state index contributed by atoms with van der Waals surface area (Å²) in [5.41, 5.74) is 2.95. The van der Waals surface area contributed by atoms with Crippen LogP contribution in [0, 0.1) is 11.6 Å².